The van der Waals surface area contributed by atoms with Gasteiger partial charge in [0.05, 0.1) is 24.7 Å². The number of aliphatic carboxylic acids is 1. The SMILES string of the molecule is COc1cc(NC(=O)C23CC(C(=O)O)(CO2)C3)cc(C(F)(F)F)c1. The fraction of sp³-hybridized carbons (Fsp3) is 0.467. The number of rotatable bonds is 4. The highest BCUT2D eigenvalue weighted by atomic mass is 19.4. The lowest BCUT2D eigenvalue weighted by atomic mass is 9.62. The third-order valence-corrected chi connectivity index (χ3v) is 4.47. The predicted octanol–water partition coefficient (Wildman–Crippen LogP) is 2.29. The molecule has 0 unspecified atom stereocenters. The van der Waals surface area contributed by atoms with E-state index in [2.05, 4.69) is 5.32 Å². The number of nitrogens with one attached hydrogen (secondary N) is 1. The van der Waals surface area contributed by atoms with Gasteiger partial charge in [0.1, 0.15) is 11.4 Å². The minimum atomic E-state index is -4.59. The van der Waals surface area contributed by atoms with Crippen LogP contribution in [0.15, 0.2) is 18.2 Å². The number of ether oxygens (including phenoxy) is 2. The van der Waals surface area contributed by atoms with Crippen molar-refractivity contribution in [3.05, 3.63) is 23.8 Å². The van der Waals surface area contributed by atoms with Crippen LogP contribution >= 0.6 is 0 Å². The third-order valence-electron chi connectivity index (χ3n) is 4.47. The number of halogens is 3. The number of amides is 1. The van der Waals surface area contributed by atoms with Crippen molar-refractivity contribution < 1.29 is 37.3 Å². The lowest BCUT2D eigenvalue weighted by Crippen LogP contribution is -2.55. The van der Waals surface area contributed by atoms with E-state index in [4.69, 9.17) is 14.6 Å². The first-order valence-electron chi connectivity index (χ1n) is 7.05. The maximum atomic E-state index is 12.9. The molecule has 2 bridgehead atoms. The van der Waals surface area contributed by atoms with Crippen LogP contribution in [0.3, 0.4) is 0 Å². The lowest BCUT2D eigenvalue weighted by molar-refractivity contribution is -0.156. The molecular formula is C15H14F3NO5. The maximum Gasteiger partial charge on any atom is 0.416 e. The fourth-order valence-corrected chi connectivity index (χ4v) is 3.16. The van der Waals surface area contributed by atoms with Gasteiger partial charge in [0.15, 0.2) is 0 Å². The van der Waals surface area contributed by atoms with Crippen LogP contribution in [0.5, 0.6) is 5.75 Å². The summed E-state index contributed by atoms with van der Waals surface area (Å²) < 4.78 is 48.8. The Balaban J connectivity index is 1.80. The summed E-state index contributed by atoms with van der Waals surface area (Å²) in [5, 5.41) is 11.5. The second-order valence-corrected chi connectivity index (χ2v) is 6.12. The summed E-state index contributed by atoms with van der Waals surface area (Å²) in [5.74, 6) is -1.75. The summed E-state index contributed by atoms with van der Waals surface area (Å²) in [6.45, 7) is -0.0817. The zero-order valence-corrected chi connectivity index (χ0v) is 12.6. The summed E-state index contributed by atoms with van der Waals surface area (Å²) in [7, 11) is 1.22. The van der Waals surface area contributed by atoms with Crippen molar-refractivity contribution >= 4 is 17.6 Å². The number of anilines is 1. The summed E-state index contributed by atoms with van der Waals surface area (Å²) in [6, 6.07) is 2.86. The number of methoxy groups -OCH3 is 1. The van der Waals surface area contributed by atoms with Crippen molar-refractivity contribution in [1.82, 2.24) is 0 Å². The van der Waals surface area contributed by atoms with E-state index in [0.29, 0.717) is 0 Å². The highest BCUT2D eigenvalue weighted by Crippen LogP contribution is 2.58. The van der Waals surface area contributed by atoms with Crippen molar-refractivity contribution in [3.63, 3.8) is 0 Å². The molecule has 1 saturated carbocycles. The molecule has 24 heavy (non-hydrogen) atoms. The average Bonchev–Trinajstić information content (AvgIpc) is 3.03. The topological polar surface area (TPSA) is 84.9 Å². The molecule has 0 spiro atoms. The first-order valence-corrected chi connectivity index (χ1v) is 7.05. The molecule has 0 atom stereocenters. The maximum absolute atomic E-state index is 12.9. The first kappa shape index (κ1) is 16.6. The molecular weight excluding hydrogens is 331 g/mol. The molecule has 1 aliphatic carbocycles. The molecule has 1 aromatic rings. The van der Waals surface area contributed by atoms with Crippen molar-refractivity contribution in [2.45, 2.75) is 24.6 Å². The van der Waals surface area contributed by atoms with E-state index in [9.17, 15) is 22.8 Å². The molecule has 6 nitrogen and oxygen atoms in total. The predicted molar refractivity (Wildman–Crippen MR) is 74.6 cm³/mol. The fourth-order valence-electron chi connectivity index (χ4n) is 3.16. The number of carbonyl (C=O) groups excluding carboxylic acids is 1. The van der Waals surface area contributed by atoms with Gasteiger partial charge >= 0.3 is 12.1 Å². The van der Waals surface area contributed by atoms with Crippen molar-refractivity contribution in [2.75, 3.05) is 19.0 Å². The Labute approximate surface area is 134 Å². The number of hydrogen-bond donors (Lipinski definition) is 2. The molecule has 0 aromatic heterocycles. The molecule has 3 fully saturated rings. The van der Waals surface area contributed by atoms with Crippen LogP contribution in [-0.4, -0.2) is 36.3 Å². The molecule has 9 heteroatoms. The smallest absolute Gasteiger partial charge is 0.416 e. The quantitative estimate of drug-likeness (QED) is 0.875. The van der Waals surface area contributed by atoms with Gasteiger partial charge in [-0.2, -0.15) is 13.2 Å². The van der Waals surface area contributed by atoms with E-state index in [0.717, 1.165) is 12.1 Å². The van der Waals surface area contributed by atoms with Crippen LogP contribution in [0.1, 0.15) is 18.4 Å². The van der Waals surface area contributed by atoms with Crippen LogP contribution in [0.25, 0.3) is 0 Å². The summed E-state index contributed by atoms with van der Waals surface area (Å²) in [4.78, 5) is 23.5. The second kappa shape index (κ2) is 5.10. The molecule has 3 aliphatic rings. The molecule has 2 heterocycles. The Morgan fingerprint density at radius 1 is 1.29 bits per heavy atom. The van der Waals surface area contributed by atoms with E-state index in [-0.39, 0.29) is 30.9 Å². The van der Waals surface area contributed by atoms with Crippen LogP contribution in [0.4, 0.5) is 18.9 Å². The Morgan fingerprint density at radius 3 is 2.46 bits per heavy atom. The van der Waals surface area contributed by atoms with Gasteiger partial charge in [-0.15, -0.1) is 0 Å². The van der Waals surface area contributed by atoms with Gasteiger partial charge in [-0.1, -0.05) is 0 Å². The van der Waals surface area contributed by atoms with Crippen LogP contribution in [-0.2, 0) is 20.5 Å². The standard InChI is InChI=1S/C15H14F3NO5/c1-23-10-3-8(15(16,17)18)2-9(4-10)19-11(20)14-5-13(6-14,7-24-14)12(21)22/h2-4H,5-7H2,1H3,(H,19,20)(H,21,22). The van der Waals surface area contributed by atoms with E-state index in [1.165, 1.54) is 13.2 Å². The molecule has 2 saturated heterocycles. The molecule has 4 rings (SSSR count). The zero-order chi connectivity index (χ0) is 17.8. The van der Waals surface area contributed by atoms with E-state index in [1.807, 2.05) is 0 Å². The molecule has 1 aromatic carbocycles. The van der Waals surface area contributed by atoms with Crippen molar-refractivity contribution in [3.8, 4) is 5.75 Å². The van der Waals surface area contributed by atoms with Crippen molar-refractivity contribution in [1.29, 1.82) is 0 Å². The Hall–Kier alpha value is -2.29. The van der Waals surface area contributed by atoms with Gasteiger partial charge in [-0.3, -0.25) is 9.59 Å². The number of fused-ring (bicyclic) bond motifs is 1. The molecule has 130 valence electrons. The van der Waals surface area contributed by atoms with Gasteiger partial charge in [0.2, 0.25) is 0 Å². The molecule has 2 aliphatic heterocycles. The third kappa shape index (κ3) is 2.48. The van der Waals surface area contributed by atoms with Crippen LogP contribution in [0, 0.1) is 5.41 Å². The number of alkyl halides is 3. The van der Waals surface area contributed by atoms with Gasteiger partial charge in [-0.25, -0.2) is 0 Å². The lowest BCUT2D eigenvalue weighted by Gasteiger charge is -2.40. The average molecular weight is 345 g/mol. The number of benzene rings is 1. The Morgan fingerprint density at radius 2 is 1.96 bits per heavy atom. The Kier molecular flexibility index (Phi) is 3.52. The minimum Gasteiger partial charge on any atom is -0.497 e. The van der Waals surface area contributed by atoms with Crippen LogP contribution in [0.2, 0.25) is 0 Å². The monoisotopic (exact) mass is 345 g/mol. The summed E-state index contributed by atoms with van der Waals surface area (Å²) >= 11 is 0. The highest BCUT2D eigenvalue weighted by Gasteiger charge is 2.70. The Bertz CT molecular complexity index is 710. The van der Waals surface area contributed by atoms with Crippen molar-refractivity contribution in [2.24, 2.45) is 5.41 Å². The van der Waals surface area contributed by atoms with E-state index in [1.54, 1.807) is 0 Å². The second-order valence-electron chi connectivity index (χ2n) is 6.12. The summed E-state index contributed by atoms with van der Waals surface area (Å²) in [6.07, 6.45) is -4.57. The number of carbonyl (C=O) groups is 2. The van der Waals surface area contributed by atoms with Gasteiger partial charge < -0.3 is 19.9 Å². The summed E-state index contributed by atoms with van der Waals surface area (Å²) in [5.41, 5.74) is -3.41. The van der Waals surface area contributed by atoms with Gasteiger partial charge in [-0.05, 0) is 12.1 Å². The van der Waals surface area contributed by atoms with Gasteiger partial charge in [0, 0.05) is 24.6 Å². The van der Waals surface area contributed by atoms with E-state index >= 15 is 0 Å². The first-order chi connectivity index (χ1) is 11.1. The number of carboxylic acids is 1. The zero-order valence-electron chi connectivity index (χ0n) is 12.6. The van der Waals surface area contributed by atoms with E-state index < -0.39 is 34.6 Å². The molecule has 0 radical (unpaired) electrons. The normalized spacial score (nSPS) is 28.2. The number of hydrogen-bond acceptors (Lipinski definition) is 4. The highest BCUT2D eigenvalue weighted by molar-refractivity contribution is 6.01. The van der Waals surface area contributed by atoms with Crippen LogP contribution < -0.4 is 10.1 Å². The number of carboxylic acid groups (broad SMARTS) is 1. The minimum absolute atomic E-state index is 0.0112. The van der Waals surface area contributed by atoms with Gasteiger partial charge in [0.25, 0.3) is 5.91 Å². The largest absolute Gasteiger partial charge is 0.497 e. The molecule has 1 amide bonds. The molecule has 2 N–H and O–H groups in total.